The van der Waals surface area contributed by atoms with Crippen molar-refractivity contribution < 1.29 is 5.11 Å². The molecule has 0 spiro atoms. The first kappa shape index (κ1) is 6.64. The molecular weight excluding hydrogens is 136 g/mol. The highest BCUT2D eigenvalue weighted by Crippen LogP contribution is 2.01. The molecule has 0 atom stereocenters. The molecule has 0 aliphatic heterocycles. The third-order valence-electron chi connectivity index (χ3n) is 0.956. The van der Waals surface area contributed by atoms with Crippen LogP contribution in [0.15, 0.2) is 6.33 Å². The highest BCUT2D eigenvalue weighted by Gasteiger charge is 1.93. The normalized spacial score (nSPS) is 9.89. The first-order chi connectivity index (χ1) is 4.43. The van der Waals surface area contributed by atoms with E-state index in [0.717, 1.165) is 17.8 Å². The first-order valence-electron chi connectivity index (χ1n) is 2.80. The van der Waals surface area contributed by atoms with Gasteiger partial charge < -0.3 is 5.11 Å². The van der Waals surface area contributed by atoms with Crippen LogP contribution in [-0.2, 0) is 6.42 Å². The average molecular weight is 144 g/mol. The van der Waals surface area contributed by atoms with Crippen LogP contribution < -0.4 is 0 Å². The van der Waals surface area contributed by atoms with Crippen LogP contribution in [0.25, 0.3) is 0 Å². The van der Waals surface area contributed by atoms with Crippen LogP contribution in [0.1, 0.15) is 11.4 Å². The zero-order valence-corrected chi connectivity index (χ0v) is 5.77. The van der Waals surface area contributed by atoms with Crippen molar-refractivity contribution in [2.45, 2.75) is 12.8 Å². The molecule has 0 saturated heterocycles. The molecule has 0 bridgehead atoms. The predicted octanol–water partition coefficient (Wildman–Crippen LogP) is 0.463. The molecular formula is C5H8N2OS. The molecule has 50 valence electrons. The number of rotatable bonds is 3. The smallest absolute Gasteiger partial charge is 0.129 e. The Morgan fingerprint density at radius 1 is 1.67 bits per heavy atom. The second-order valence-electron chi connectivity index (χ2n) is 1.66. The summed E-state index contributed by atoms with van der Waals surface area (Å²) in [6.07, 6.45) is 3.17. The van der Waals surface area contributed by atoms with Gasteiger partial charge in [0, 0.05) is 13.0 Å². The van der Waals surface area contributed by atoms with Crippen molar-refractivity contribution in [2.24, 2.45) is 0 Å². The lowest BCUT2D eigenvalue weighted by molar-refractivity contribution is 0.288. The maximum absolute atomic E-state index is 8.42. The molecule has 0 aromatic carbocycles. The fourth-order valence-electron chi connectivity index (χ4n) is 0.536. The van der Waals surface area contributed by atoms with Gasteiger partial charge in [0.1, 0.15) is 11.3 Å². The lowest BCUT2D eigenvalue weighted by Crippen LogP contribution is -1.86. The van der Waals surface area contributed by atoms with E-state index in [9.17, 15) is 0 Å². The van der Waals surface area contributed by atoms with E-state index < -0.39 is 0 Å². The Labute approximate surface area is 57.5 Å². The molecule has 1 N–H and O–H groups in total. The van der Waals surface area contributed by atoms with Gasteiger partial charge in [0.05, 0.1) is 0 Å². The summed E-state index contributed by atoms with van der Waals surface area (Å²) in [5.74, 6) is 0. The van der Waals surface area contributed by atoms with Crippen molar-refractivity contribution in [1.82, 2.24) is 9.36 Å². The molecule has 1 aromatic rings. The zero-order chi connectivity index (χ0) is 6.53. The van der Waals surface area contributed by atoms with E-state index in [2.05, 4.69) is 9.36 Å². The van der Waals surface area contributed by atoms with Gasteiger partial charge in [-0.25, -0.2) is 4.98 Å². The molecule has 0 radical (unpaired) electrons. The second-order valence-corrected chi connectivity index (χ2v) is 2.53. The number of aliphatic hydroxyl groups excluding tert-OH is 1. The van der Waals surface area contributed by atoms with Gasteiger partial charge >= 0.3 is 0 Å². The minimum atomic E-state index is 0.236. The largest absolute Gasteiger partial charge is 0.396 e. The Balaban J connectivity index is 2.30. The molecule has 0 aliphatic rings. The molecule has 9 heavy (non-hydrogen) atoms. The van der Waals surface area contributed by atoms with Crippen molar-refractivity contribution >= 4 is 11.5 Å². The van der Waals surface area contributed by atoms with Crippen molar-refractivity contribution in [3.8, 4) is 0 Å². The third-order valence-corrected chi connectivity index (χ3v) is 1.68. The van der Waals surface area contributed by atoms with E-state index >= 15 is 0 Å². The maximum atomic E-state index is 8.42. The lowest BCUT2D eigenvalue weighted by Gasteiger charge is -1.87. The highest BCUT2D eigenvalue weighted by molar-refractivity contribution is 7.05. The van der Waals surface area contributed by atoms with Crippen LogP contribution in [0.4, 0.5) is 0 Å². The van der Waals surface area contributed by atoms with Crippen LogP contribution in [0.2, 0.25) is 0 Å². The summed E-state index contributed by atoms with van der Waals surface area (Å²) in [6, 6.07) is 0. The van der Waals surface area contributed by atoms with Crippen LogP contribution in [0.5, 0.6) is 0 Å². The Hall–Kier alpha value is -0.480. The van der Waals surface area contributed by atoms with Gasteiger partial charge in [0.2, 0.25) is 0 Å². The summed E-state index contributed by atoms with van der Waals surface area (Å²) in [6.45, 7) is 0.236. The van der Waals surface area contributed by atoms with Gasteiger partial charge in [0.15, 0.2) is 0 Å². The number of aromatic nitrogens is 2. The van der Waals surface area contributed by atoms with Gasteiger partial charge in [-0.3, -0.25) is 0 Å². The topological polar surface area (TPSA) is 46.0 Å². The summed E-state index contributed by atoms with van der Waals surface area (Å²) < 4.78 is 3.82. The number of hydrogen-bond acceptors (Lipinski definition) is 4. The van der Waals surface area contributed by atoms with Crippen LogP contribution in [-0.4, -0.2) is 21.1 Å². The Morgan fingerprint density at radius 2 is 2.56 bits per heavy atom. The Bertz CT molecular complexity index is 152. The lowest BCUT2D eigenvalue weighted by atomic mass is 10.3. The maximum Gasteiger partial charge on any atom is 0.129 e. The molecule has 1 aromatic heterocycles. The Kier molecular flexibility index (Phi) is 2.60. The Morgan fingerprint density at radius 3 is 3.11 bits per heavy atom. The predicted molar refractivity (Wildman–Crippen MR) is 35.3 cm³/mol. The molecule has 0 unspecified atom stereocenters. The molecule has 3 nitrogen and oxygen atoms in total. The van der Waals surface area contributed by atoms with Gasteiger partial charge in [-0.1, -0.05) is 0 Å². The summed E-state index contributed by atoms with van der Waals surface area (Å²) in [4.78, 5) is 3.95. The summed E-state index contributed by atoms with van der Waals surface area (Å²) >= 11 is 1.39. The molecule has 1 rings (SSSR count). The van der Waals surface area contributed by atoms with E-state index in [1.165, 1.54) is 17.9 Å². The quantitative estimate of drug-likeness (QED) is 0.670. The van der Waals surface area contributed by atoms with Gasteiger partial charge in [-0.05, 0) is 18.0 Å². The zero-order valence-electron chi connectivity index (χ0n) is 4.95. The monoisotopic (exact) mass is 144 g/mol. The van der Waals surface area contributed by atoms with E-state index in [4.69, 9.17) is 5.11 Å². The fourth-order valence-corrected chi connectivity index (χ4v) is 1.08. The molecule has 0 fully saturated rings. The SMILES string of the molecule is OCCCc1ncns1. The van der Waals surface area contributed by atoms with Crippen molar-refractivity contribution in [3.63, 3.8) is 0 Å². The highest BCUT2D eigenvalue weighted by atomic mass is 32.1. The molecule has 1 heterocycles. The molecule has 4 heteroatoms. The minimum Gasteiger partial charge on any atom is -0.396 e. The summed E-state index contributed by atoms with van der Waals surface area (Å²) in [7, 11) is 0. The van der Waals surface area contributed by atoms with E-state index in [1.807, 2.05) is 0 Å². The average Bonchev–Trinajstić information content (AvgIpc) is 2.34. The summed E-state index contributed by atoms with van der Waals surface area (Å²) in [5, 5.41) is 9.43. The van der Waals surface area contributed by atoms with Crippen LogP contribution >= 0.6 is 11.5 Å². The first-order valence-corrected chi connectivity index (χ1v) is 3.57. The number of aryl methyl sites for hydroxylation is 1. The van der Waals surface area contributed by atoms with Crippen molar-refractivity contribution in [2.75, 3.05) is 6.61 Å². The van der Waals surface area contributed by atoms with Gasteiger partial charge in [-0.15, -0.1) is 0 Å². The second kappa shape index (κ2) is 3.53. The molecule has 0 aliphatic carbocycles. The molecule has 0 saturated carbocycles. The van der Waals surface area contributed by atoms with E-state index in [0.29, 0.717) is 0 Å². The van der Waals surface area contributed by atoms with E-state index in [1.54, 1.807) is 0 Å². The van der Waals surface area contributed by atoms with Gasteiger partial charge in [0.25, 0.3) is 0 Å². The standard InChI is InChI=1S/C5H8N2OS/c8-3-1-2-5-6-4-7-9-5/h4,8H,1-3H2. The summed E-state index contributed by atoms with van der Waals surface area (Å²) in [5.41, 5.74) is 0. The number of aliphatic hydroxyl groups is 1. The van der Waals surface area contributed by atoms with Crippen molar-refractivity contribution in [1.29, 1.82) is 0 Å². The van der Waals surface area contributed by atoms with Gasteiger partial charge in [-0.2, -0.15) is 4.37 Å². The number of nitrogens with zero attached hydrogens (tertiary/aromatic N) is 2. The third kappa shape index (κ3) is 2.07. The van der Waals surface area contributed by atoms with Crippen molar-refractivity contribution in [3.05, 3.63) is 11.3 Å². The fraction of sp³-hybridized carbons (Fsp3) is 0.600. The minimum absolute atomic E-state index is 0.236. The van der Waals surface area contributed by atoms with Crippen LogP contribution in [0, 0.1) is 0 Å². The molecule has 0 amide bonds. The van der Waals surface area contributed by atoms with Crippen LogP contribution in [0.3, 0.4) is 0 Å². The van der Waals surface area contributed by atoms with E-state index in [-0.39, 0.29) is 6.61 Å². The number of hydrogen-bond donors (Lipinski definition) is 1.